The normalized spacial score (nSPS) is 11.9. The van der Waals surface area contributed by atoms with Crippen molar-refractivity contribution in [2.24, 2.45) is 0 Å². The standard InChI is InChI=1S/C50H50N3O.C11H8N.Ir/c1-30(2)39-27-33(32-17-12-11-13-18-32)28-40(31(3)4)46(39)53-43-22-15-14-21-42(43)52-48(53)38-20-16-19-37-45-44(54-47(37)38)24-23-41(51-45)34-25-35(49(5,6)7)29-36(26-34)50(8,9)10;1-2-6-10(7-3-1)11-8-4-5-9-12-11;/h11-19,21-31H,1-10H3;1-6,8-9H;/q2*-1;. The molecule has 0 amide bonds. The number of aromatic nitrogens is 4. The summed E-state index contributed by atoms with van der Waals surface area (Å²) in [7, 11) is 0. The van der Waals surface area contributed by atoms with Crippen molar-refractivity contribution in [2.75, 3.05) is 0 Å². The maximum atomic E-state index is 6.76. The van der Waals surface area contributed by atoms with Gasteiger partial charge in [0.2, 0.25) is 0 Å². The van der Waals surface area contributed by atoms with Crippen molar-refractivity contribution >= 4 is 33.1 Å². The molecule has 339 valence electrons. The molecular formula is C61H58IrN4O-2. The number of rotatable bonds is 7. The predicted octanol–water partition coefficient (Wildman–Crippen LogP) is 16.5. The molecule has 6 aromatic carbocycles. The van der Waals surface area contributed by atoms with Gasteiger partial charge in [0.25, 0.3) is 0 Å². The van der Waals surface area contributed by atoms with Crippen molar-refractivity contribution in [1.29, 1.82) is 0 Å². The quantitative estimate of drug-likeness (QED) is 0.149. The fraction of sp³-hybridized carbons (Fsp3) is 0.230. The fourth-order valence-corrected chi connectivity index (χ4v) is 8.69. The molecule has 0 fully saturated rings. The Kier molecular flexibility index (Phi) is 13.4. The summed E-state index contributed by atoms with van der Waals surface area (Å²) in [5.41, 5.74) is 18.0. The smallest absolute Gasteiger partial charge is 0.139 e. The van der Waals surface area contributed by atoms with Gasteiger partial charge in [0, 0.05) is 37.6 Å². The molecule has 1 radical (unpaired) electrons. The summed E-state index contributed by atoms with van der Waals surface area (Å²) >= 11 is 0. The van der Waals surface area contributed by atoms with Gasteiger partial charge in [0.05, 0.1) is 33.7 Å². The second-order valence-electron chi connectivity index (χ2n) is 20.0. The maximum absolute atomic E-state index is 6.76. The molecule has 0 saturated heterocycles. The molecule has 0 unspecified atom stereocenters. The van der Waals surface area contributed by atoms with Crippen LogP contribution in [0.4, 0.5) is 0 Å². The SMILES string of the molecule is CC(C)c1cc(-c2ccccc2)cc(C(C)C)c1-n1c(-c2[c-]ccc3c2oc2ccc(-c4cc(C(C)(C)C)cc(C(C)(C)C)c4)nc23)nc2ccccc21.[Ir].[c-]1ccccc1-c1ccccn1. The molecule has 0 aliphatic rings. The number of pyridine rings is 2. The molecule has 4 aromatic heterocycles. The van der Waals surface area contributed by atoms with Crippen LogP contribution in [0, 0.1) is 12.1 Å². The van der Waals surface area contributed by atoms with Crippen LogP contribution in [0.25, 0.3) is 83.8 Å². The Morgan fingerprint density at radius 3 is 1.85 bits per heavy atom. The van der Waals surface area contributed by atoms with Crippen LogP contribution in [0.15, 0.2) is 162 Å². The number of benzene rings is 6. The molecule has 6 heteroatoms. The van der Waals surface area contributed by atoms with Gasteiger partial charge in [-0.1, -0.05) is 135 Å². The molecule has 10 rings (SSSR count). The Balaban J connectivity index is 0.000000405. The monoisotopic (exact) mass is 1060 g/mol. The van der Waals surface area contributed by atoms with Gasteiger partial charge in [-0.3, -0.25) is 4.98 Å². The van der Waals surface area contributed by atoms with E-state index < -0.39 is 0 Å². The number of nitrogens with zero attached hydrogens (tertiary/aromatic N) is 4. The van der Waals surface area contributed by atoms with Crippen LogP contribution in [0.1, 0.15) is 103 Å². The molecule has 0 aliphatic carbocycles. The van der Waals surface area contributed by atoms with Crippen LogP contribution in [0.3, 0.4) is 0 Å². The Labute approximate surface area is 409 Å². The fourth-order valence-electron chi connectivity index (χ4n) is 8.69. The van der Waals surface area contributed by atoms with Crippen LogP contribution in [0.5, 0.6) is 0 Å². The van der Waals surface area contributed by atoms with Crippen molar-refractivity contribution in [3.63, 3.8) is 0 Å². The van der Waals surface area contributed by atoms with Gasteiger partial charge in [-0.2, -0.15) is 0 Å². The van der Waals surface area contributed by atoms with E-state index in [0.29, 0.717) is 0 Å². The third-order valence-corrected chi connectivity index (χ3v) is 12.4. The largest absolute Gasteiger partial charge is 0.499 e. The number of hydrogen-bond donors (Lipinski definition) is 0. The summed E-state index contributed by atoms with van der Waals surface area (Å²) in [5, 5.41) is 0.954. The van der Waals surface area contributed by atoms with Gasteiger partial charge in [0.15, 0.2) is 0 Å². The molecule has 0 saturated carbocycles. The number of hydrogen-bond acceptors (Lipinski definition) is 4. The number of para-hydroxylation sites is 2. The Hall–Kier alpha value is -6.46. The molecule has 0 bridgehead atoms. The molecule has 0 N–H and O–H groups in total. The molecule has 5 nitrogen and oxygen atoms in total. The van der Waals surface area contributed by atoms with Gasteiger partial charge in [0.1, 0.15) is 5.58 Å². The number of fused-ring (bicyclic) bond motifs is 4. The van der Waals surface area contributed by atoms with E-state index in [-0.39, 0.29) is 42.8 Å². The van der Waals surface area contributed by atoms with E-state index in [4.69, 9.17) is 14.4 Å². The zero-order chi connectivity index (χ0) is 46.3. The van der Waals surface area contributed by atoms with Gasteiger partial charge < -0.3 is 14.0 Å². The minimum atomic E-state index is 0. The first-order valence-corrected chi connectivity index (χ1v) is 23.2. The third kappa shape index (κ3) is 9.57. The minimum Gasteiger partial charge on any atom is -0.499 e. The molecule has 10 aromatic rings. The van der Waals surface area contributed by atoms with Crippen molar-refractivity contribution in [3.8, 4) is 50.7 Å². The second kappa shape index (κ2) is 19.0. The molecule has 0 spiro atoms. The zero-order valence-corrected chi connectivity index (χ0v) is 42.6. The van der Waals surface area contributed by atoms with Gasteiger partial charge in [-0.05, 0) is 122 Å². The van der Waals surface area contributed by atoms with Gasteiger partial charge in [-0.25, -0.2) is 4.98 Å². The summed E-state index contributed by atoms with van der Waals surface area (Å²) in [6, 6.07) is 59.5. The minimum absolute atomic E-state index is 0. The van der Waals surface area contributed by atoms with Crippen LogP contribution in [0.2, 0.25) is 0 Å². The third-order valence-electron chi connectivity index (χ3n) is 12.4. The van der Waals surface area contributed by atoms with Crippen LogP contribution >= 0.6 is 0 Å². The summed E-state index contributed by atoms with van der Waals surface area (Å²) in [5.74, 6) is 1.34. The Morgan fingerprint density at radius 2 is 1.22 bits per heavy atom. The Morgan fingerprint density at radius 1 is 0.567 bits per heavy atom. The van der Waals surface area contributed by atoms with E-state index in [1.165, 1.54) is 39.1 Å². The summed E-state index contributed by atoms with van der Waals surface area (Å²) < 4.78 is 9.12. The van der Waals surface area contributed by atoms with Crippen LogP contribution in [-0.2, 0) is 30.9 Å². The summed E-state index contributed by atoms with van der Waals surface area (Å²) in [6.45, 7) is 22.8. The molecule has 0 atom stereocenters. The number of imidazole rings is 1. The summed E-state index contributed by atoms with van der Waals surface area (Å²) in [4.78, 5) is 14.9. The van der Waals surface area contributed by atoms with E-state index in [1.807, 2.05) is 48.5 Å². The molecule has 0 aliphatic heterocycles. The average Bonchev–Trinajstić information content (AvgIpc) is 3.90. The van der Waals surface area contributed by atoms with Crippen LogP contribution < -0.4 is 0 Å². The maximum Gasteiger partial charge on any atom is 0.139 e. The van der Waals surface area contributed by atoms with Gasteiger partial charge in [-0.15, -0.1) is 54.1 Å². The van der Waals surface area contributed by atoms with Gasteiger partial charge >= 0.3 is 0 Å². The van der Waals surface area contributed by atoms with E-state index >= 15 is 0 Å². The van der Waals surface area contributed by atoms with Crippen molar-refractivity contribution in [3.05, 3.63) is 192 Å². The predicted molar refractivity (Wildman–Crippen MR) is 275 cm³/mol. The molecular weight excluding hydrogens is 997 g/mol. The average molecular weight is 1060 g/mol. The first-order chi connectivity index (χ1) is 31.7. The first kappa shape index (κ1) is 47.0. The van der Waals surface area contributed by atoms with Crippen LogP contribution in [-0.4, -0.2) is 19.5 Å². The second-order valence-corrected chi connectivity index (χ2v) is 20.0. The van der Waals surface area contributed by atoms with E-state index in [0.717, 1.165) is 67.0 Å². The van der Waals surface area contributed by atoms with E-state index in [9.17, 15) is 0 Å². The van der Waals surface area contributed by atoms with E-state index in [1.54, 1.807) is 6.20 Å². The number of furan rings is 1. The Bertz CT molecular complexity index is 3220. The molecule has 67 heavy (non-hydrogen) atoms. The topological polar surface area (TPSA) is 56.7 Å². The van der Waals surface area contributed by atoms with E-state index in [2.05, 4.69) is 194 Å². The van der Waals surface area contributed by atoms with Crippen molar-refractivity contribution in [1.82, 2.24) is 19.5 Å². The molecule has 4 heterocycles. The zero-order valence-electron chi connectivity index (χ0n) is 40.2. The van der Waals surface area contributed by atoms with Crippen molar-refractivity contribution < 1.29 is 24.5 Å². The summed E-state index contributed by atoms with van der Waals surface area (Å²) in [6.07, 6.45) is 1.79. The van der Waals surface area contributed by atoms with Crippen molar-refractivity contribution in [2.45, 2.75) is 91.9 Å². The first-order valence-electron chi connectivity index (χ1n) is 23.2.